The fourth-order valence-corrected chi connectivity index (χ4v) is 2.51. The van der Waals surface area contributed by atoms with E-state index in [0.717, 1.165) is 0 Å². The molecule has 0 bridgehead atoms. The number of hydrogen-bond donors (Lipinski definition) is 0. The molecule has 0 aliphatic carbocycles. The van der Waals surface area contributed by atoms with E-state index in [0.29, 0.717) is 13.1 Å². The van der Waals surface area contributed by atoms with Crippen molar-refractivity contribution in [1.29, 1.82) is 0 Å². The van der Waals surface area contributed by atoms with Gasteiger partial charge in [-0.2, -0.15) is 13.2 Å². The first-order valence-corrected chi connectivity index (χ1v) is 7.88. The maximum Gasteiger partial charge on any atom is 0.446 e. The third kappa shape index (κ3) is 6.13. The summed E-state index contributed by atoms with van der Waals surface area (Å²) >= 11 is -0.236. The number of carbonyl (C=O) groups is 2. The predicted octanol–water partition coefficient (Wildman–Crippen LogP) is 3.24. The predicted molar refractivity (Wildman–Crippen MR) is 83.2 cm³/mol. The summed E-state index contributed by atoms with van der Waals surface area (Å²) < 4.78 is 36.8. The van der Waals surface area contributed by atoms with Gasteiger partial charge in [0.15, 0.2) is 0 Å². The van der Waals surface area contributed by atoms with Gasteiger partial charge in [0.2, 0.25) is 5.91 Å². The molecule has 4 nitrogen and oxygen atoms in total. The number of carbonyl (C=O) groups excluding carboxylic acids is 2. The van der Waals surface area contributed by atoms with Gasteiger partial charge in [-0.25, -0.2) is 0 Å². The van der Waals surface area contributed by atoms with Gasteiger partial charge in [-0.15, -0.1) is 0 Å². The minimum Gasteiger partial charge on any atom is -0.342 e. The molecule has 0 atom stereocenters. The van der Waals surface area contributed by atoms with E-state index in [2.05, 4.69) is 0 Å². The monoisotopic (exact) mass is 348 g/mol. The second-order valence-corrected chi connectivity index (χ2v) is 5.94. The molecule has 0 aliphatic rings. The zero-order valence-electron chi connectivity index (χ0n) is 13.2. The lowest BCUT2D eigenvalue weighted by Gasteiger charge is -2.23. The first-order chi connectivity index (χ1) is 10.7. The second kappa shape index (κ2) is 8.24. The van der Waals surface area contributed by atoms with E-state index in [1.54, 1.807) is 4.90 Å². The lowest BCUT2D eigenvalue weighted by Crippen LogP contribution is -2.41. The fourth-order valence-electron chi connectivity index (χ4n) is 1.97. The molecule has 1 aromatic rings. The van der Waals surface area contributed by atoms with Gasteiger partial charge in [-0.1, -0.05) is 0 Å². The Balaban J connectivity index is 2.71. The van der Waals surface area contributed by atoms with Gasteiger partial charge < -0.3 is 9.80 Å². The molecule has 0 fully saturated rings. The Morgan fingerprint density at radius 2 is 1.61 bits per heavy atom. The van der Waals surface area contributed by atoms with Crippen molar-refractivity contribution in [1.82, 2.24) is 9.80 Å². The van der Waals surface area contributed by atoms with Crippen molar-refractivity contribution in [3.8, 4) is 0 Å². The molecular formula is C15H19F3N2O2S. The highest BCUT2D eigenvalue weighted by molar-refractivity contribution is 8.00. The lowest BCUT2D eigenvalue weighted by atomic mass is 10.2. The van der Waals surface area contributed by atoms with E-state index in [1.807, 2.05) is 13.8 Å². The molecule has 1 aromatic carbocycles. The minimum atomic E-state index is -4.36. The van der Waals surface area contributed by atoms with Crippen molar-refractivity contribution in [3.05, 3.63) is 29.8 Å². The van der Waals surface area contributed by atoms with Gasteiger partial charge in [0.05, 0.1) is 6.54 Å². The van der Waals surface area contributed by atoms with Crippen LogP contribution in [0.2, 0.25) is 0 Å². The molecule has 2 amide bonds. The Hall–Kier alpha value is -1.70. The van der Waals surface area contributed by atoms with E-state index < -0.39 is 11.4 Å². The van der Waals surface area contributed by atoms with E-state index in [-0.39, 0.29) is 34.7 Å². The summed E-state index contributed by atoms with van der Waals surface area (Å²) in [5.74, 6) is -0.579. The van der Waals surface area contributed by atoms with Crippen LogP contribution in [0.15, 0.2) is 29.2 Å². The zero-order chi connectivity index (χ0) is 17.6. The van der Waals surface area contributed by atoms with Crippen molar-refractivity contribution < 1.29 is 22.8 Å². The summed E-state index contributed by atoms with van der Waals surface area (Å²) in [7, 11) is 1.49. The van der Waals surface area contributed by atoms with Gasteiger partial charge in [0.25, 0.3) is 5.91 Å². The van der Waals surface area contributed by atoms with Gasteiger partial charge >= 0.3 is 5.51 Å². The van der Waals surface area contributed by atoms with Crippen LogP contribution in [0.4, 0.5) is 13.2 Å². The van der Waals surface area contributed by atoms with Crippen LogP contribution >= 0.6 is 11.8 Å². The van der Waals surface area contributed by atoms with Crippen LogP contribution < -0.4 is 0 Å². The average Bonchev–Trinajstić information content (AvgIpc) is 2.46. The summed E-state index contributed by atoms with van der Waals surface area (Å²) in [6.45, 7) is 4.74. The number of hydrogen-bond acceptors (Lipinski definition) is 3. The lowest BCUT2D eigenvalue weighted by molar-refractivity contribution is -0.131. The highest BCUT2D eigenvalue weighted by Gasteiger charge is 2.29. The van der Waals surface area contributed by atoms with Crippen LogP contribution in [-0.2, 0) is 4.79 Å². The highest BCUT2D eigenvalue weighted by Crippen LogP contribution is 2.36. The van der Waals surface area contributed by atoms with Crippen LogP contribution in [0.5, 0.6) is 0 Å². The quantitative estimate of drug-likeness (QED) is 0.741. The molecule has 23 heavy (non-hydrogen) atoms. The maximum absolute atomic E-state index is 12.3. The number of benzene rings is 1. The van der Waals surface area contributed by atoms with Gasteiger partial charge in [-0.05, 0) is 49.9 Å². The molecule has 0 saturated heterocycles. The van der Waals surface area contributed by atoms with Gasteiger partial charge in [0.1, 0.15) is 0 Å². The molecule has 0 radical (unpaired) electrons. The summed E-state index contributed by atoms with van der Waals surface area (Å²) in [5, 5.41) is 0. The normalized spacial score (nSPS) is 11.2. The van der Waals surface area contributed by atoms with Crippen molar-refractivity contribution in [2.75, 3.05) is 26.7 Å². The number of rotatable bonds is 6. The standard InChI is InChI=1S/C15H19F3N2O2S/c1-4-20(5-2)13(21)10-19(3)14(22)11-6-8-12(9-7-11)23-15(16,17)18/h6-9H,4-5,10H2,1-3H3. The highest BCUT2D eigenvalue weighted by atomic mass is 32.2. The third-order valence-electron chi connectivity index (χ3n) is 3.17. The molecule has 0 spiro atoms. The Morgan fingerprint density at radius 1 is 1.09 bits per heavy atom. The fraction of sp³-hybridized carbons (Fsp3) is 0.467. The number of nitrogens with zero attached hydrogens (tertiary/aromatic N) is 2. The second-order valence-electron chi connectivity index (χ2n) is 4.80. The molecule has 0 aromatic heterocycles. The minimum absolute atomic E-state index is 0.0101. The molecule has 0 saturated carbocycles. The van der Waals surface area contributed by atoms with Crippen molar-refractivity contribution in [2.45, 2.75) is 24.3 Å². The third-order valence-corrected chi connectivity index (χ3v) is 3.91. The molecule has 0 heterocycles. The van der Waals surface area contributed by atoms with Crippen molar-refractivity contribution in [3.63, 3.8) is 0 Å². The summed E-state index contributed by atoms with van der Waals surface area (Å²) in [4.78, 5) is 27.0. The maximum atomic E-state index is 12.3. The molecule has 0 N–H and O–H groups in total. The van der Waals surface area contributed by atoms with E-state index in [1.165, 1.54) is 36.2 Å². The number of halogens is 3. The van der Waals surface area contributed by atoms with Gasteiger partial charge in [0, 0.05) is 30.6 Å². The smallest absolute Gasteiger partial charge is 0.342 e. The number of amides is 2. The first kappa shape index (κ1) is 19.3. The topological polar surface area (TPSA) is 40.6 Å². The number of alkyl halides is 3. The zero-order valence-corrected chi connectivity index (χ0v) is 14.0. The Bertz CT molecular complexity index is 543. The molecule has 128 valence electrons. The Kier molecular flexibility index (Phi) is 6.93. The van der Waals surface area contributed by atoms with Crippen LogP contribution in [0.1, 0.15) is 24.2 Å². The molecule has 0 unspecified atom stereocenters. The van der Waals surface area contributed by atoms with Crippen molar-refractivity contribution >= 4 is 23.6 Å². The Morgan fingerprint density at radius 3 is 2.04 bits per heavy atom. The van der Waals surface area contributed by atoms with E-state index >= 15 is 0 Å². The first-order valence-electron chi connectivity index (χ1n) is 7.07. The summed E-state index contributed by atoms with van der Waals surface area (Å²) in [6.07, 6.45) is 0. The van der Waals surface area contributed by atoms with Crippen LogP contribution in [0, 0.1) is 0 Å². The van der Waals surface area contributed by atoms with Crippen LogP contribution in [0.25, 0.3) is 0 Å². The average molecular weight is 348 g/mol. The van der Waals surface area contributed by atoms with Crippen LogP contribution in [-0.4, -0.2) is 53.8 Å². The van der Waals surface area contributed by atoms with E-state index in [9.17, 15) is 22.8 Å². The molecule has 8 heteroatoms. The number of likely N-dealkylation sites (N-methyl/N-ethyl adjacent to an activating group) is 2. The SMILES string of the molecule is CCN(CC)C(=O)CN(C)C(=O)c1ccc(SC(F)(F)F)cc1. The largest absolute Gasteiger partial charge is 0.446 e. The number of thioether (sulfide) groups is 1. The molecule has 0 aliphatic heterocycles. The van der Waals surface area contributed by atoms with E-state index in [4.69, 9.17) is 0 Å². The van der Waals surface area contributed by atoms with Crippen molar-refractivity contribution in [2.24, 2.45) is 0 Å². The Labute approximate surface area is 137 Å². The molecular weight excluding hydrogens is 329 g/mol. The van der Waals surface area contributed by atoms with Crippen LogP contribution in [0.3, 0.4) is 0 Å². The summed E-state index contributed by atoms with van der Waals surface area (Å²) in [5.41, 5.74) is -4.12. The molecule has 1 rings (SSSR count). The summed E-state index contributed by atoms with van der Waals surface area (Å²) in [6, 6.07) is 5.14. The van der Waals surface area contributed by atoms with Gasteiger partial charge in [-0.3, -0.25) is 9.59 Å².